The molecule has 0 aliphatic heterocycles. The van der Waals surface area contributed by atoms with Crippen LogP contribution in [-0.2, 0) is 0 Å². The van der Waals surface area contributed by atoms with Crippen molar-refractivity contribution in [2.45, 2.75) is 52.6 Å². The highest BCUT2D eigenvalue weighted by atomic mass is 15.2. The molecule has 0 saturated carbocycles. The molecule has 92 valence electrons. The number of nitrogens with zero attached hydrogens (tertiary/aromatic N) is 1. The van der Waals surface area contributed by atoms with E-state index in [1.165, 1.54) is 6.42 Å². The van der Waals surface area contributed by atoms with Crippen LogP contribution in [0.25, 0.3) is 0 Å². The van der Waals surface area contributed by atoms with Gasteiger partial charge in [-0.25, -0.2) is 0 Å². The lowest BCUT2D eigenvalue weighted by atomic mass is 10.0. The molecule has 0 amide bonds. The number of nitrogens with two attached hydrogens (primary N) is 2. The first-order valence-corrected chi connectivity index (χ1v) is 5.99. The maximum absolute atomic E-state index is 6.05. The van der Waals surface area contributed by atoms with Gasteiger partial charge in [-0.3, -0.25) is 4.90 Å². The van der Waals surface area contributed by atoms with E-state index in [0.29, 0.717) is 12.6 Å². The lowest BCUT2D eigenvalue weighted by Gasteiger charge is -2.35. The Balaban J connectivity index is 4.24. The summed E-state index contributed by atoms with van der Waals surface area (Å²) in [6.07, 6.45) is 1.20. The molecule has 0 radical (unpaired) electrons. The highest BCUT2D eigenvalue weighted by Gasteiger charge is 2.21. The first kappa shape index (κ1) is 14.9. The molecular weight excluding hydrogens is 186 g/mol. The Morgan fingerprint density at radius 1 is 1.20 bits per heavy atom. The van der Waals surface area contributed by atoms with E-state index in [4.69, 9.17) is 11.5 Å². The SMILES string of the molecule is CC(C)CC(C)N(CCN)CC(C)(C)N. The third-order valence-corrected chi connectivity index (χ3v) is 2.46. The average Bonchev–Trinajstić information content (AvgIpc) is 1.99. The number of hydrogen-bond acceptors (Lipinski definition) is 3. The molecule has 0 spiro atoms. The van der Waals surface area contributed by atoms with Crippen molar-refractivity contribution >= 4 is 0 Å². The largest absolute Gasteiger partial charge is 0.329 e. The van der Waals surface area contributed by atoms with E-state index in [9.17, 15) is 0 Å². The molecule has 0 saturated heterocycles. The topological polar surface area (TPSA) is 55.3 Å². The van der Waals surface area contributed by atoms with Crippen LogP contribution in [0, 0.1) is 5.92 Å². The zero-order chi connectivity index (χ0) is 12.1. The fourth-order valence-electron chi connectivity index (χ4n) is 1.98. The number of hydrogen-bond donors (Lipinski definition) is 2. The molecule has 3 nitrogen and oxygen atoms in total. The normalized spacial score (nSPS) is 15.0. The van der Waals surface area contributed by atoms with E-state index in [-0.39, 0.29) is 5.54 Å². The molecule has 0 bridgehead atoms. The van der Waals surface area contributed by atoms with Crippen LogP contribution in [-0.4, -0.2) is 36.1 Å². The Morgan fingerprint density at radius 3 is 2.07 bits per heavy atom. The van der Waals surface area contributed by atoms with Gasteiger partial charge < -0.3 is 11.5 Å². The molecule has 0 aliphatic carbocycles. The summed E-state index contributed by atoms with van der Waals surface area (Å²) in [5, 5.41) is 0. The van der Waals surface area contributed by atoms with Gasteiger partial charge in [0.2, 0.25) is 0 Å². The van der Waals surface area contributed by atoms with Crippen LogP contribution < -0.4 is 11.5 Å². The second-order valence-electron chi connectivity index (χ2n) is 5.73. The highest BCUT2D eigenvalue weighted by molar-refractivity contribution is 4.80. The summed E-state index contributed by atoms with van der Waals surface area (Å²) in [5.41, 5.74) is 11.5. The molecule has 0 aromatic rings. The minimum Gasteiger partial charge on any atom is -0.329 e. The predicted octanol–water partition coefficient (Wildman–Crippen LogP) is 1.42. The first-order valence-electron chi connectivity index (χ1n) is 5.99. The monoisotopic (exact) mass is 215 g/mol. The van der Waals surface area contributed by atoms with Gasteiger partial charge in [-0.1, -0.05) is 13.8 Å². The van der Waals surface area contributed by atoms with Gasteiger partial charge in [-0.05, 0) is 33.1 Å². The Kier molecular flexibility index (Phi) is 6.41. The molecule has 1 atom stereocenters. The Labute approximate surface area is 95.2 Å². The molecule has 4 N–H and O–H groups in total. The summed E-state index contributed by atoms with van der Waals surface area (Å²) in [7, 11) is 0. The maximum atomic E-state index is 6.05. The predicted molar refractivity (Wildman–Crippen MR) is 67.8 cm³/mol. The fraction of sp³-hybridized carbons (Fsp3) is 1.00. The standard InChI is InChI=1S/C12H29N3/c1-10(2)8-11(3)15(7-6-13)9-12(4,5)14/h10-11H,6-9,13-14H2,1-5H3. The maximum Gasteiger partial charge on any atom is 0.0226 e. The summed E-state index contributed by atoms with van der Waals surface area (Å²) in [5.74, 6) is 0.723. The lowest BCUT2D eigenvalue weighted by molar-refractivity contribution is 0.160. The summed E-state index contributed by atoms with van der Waals surface area (Å²) in [4.78, 5) is 2.40. The van der Waals surface area contributed by atoms with Gasteiger partial charge in [0.1, 0.15) is 0 Å². The highest BCUT2D eigenvalue weighted by Crippen LogP contribution is 2.13. The van der Waals surface area contributed by atoms with Gasteiger partial charge in [0.05, 0.1) is 0 Å². The van der Waals surface area contributed by atoms with Crippen molar-refractivity contribution in [1.29, 1.82) is 0 Å². The Bertz CT molecular complexity index is 161. The molecule has 0 fully saturated rings. The van der Waals surface area contributed by atoms with E-state index in [1.807, 2.05) is 0 Å². The zero-order valence-corrected chi connectivity index (χ0v) is 11.1. The molecule has 0 rings (SSSR count). The van der Waals surface area contributed by atoms with Crippen LogP contribution in [0.5, 0.6) is 0 Å². The van der Waals surface area contributed by atoms with Gasteiger partial charge >= 0.3 is 0 Å². The van der Waals surface area contributed by atoms with Crippen LogP contribution >= 0.6 is 0 Å². The van der Waals surface area contributed by atoms with Crippen molar-refractivity contribution in [3.05, 3.63) is 0 Å². The van der Waals surface area contributed by atoms with Crippen LogP contribution in [0.2, 0.25) is 0 Å². The Hall–Kier alpha value is -0.120. The third-order valence-electron chi connectivity index (χ3n) is 2.46. The van der Waals surface area contributed by atoms with Crippen LogP contribution in [0.1, 0.15) is 41.0 Å². The minimum absolute atomic E-state index is 0.138. The molecular formula is C12H29N3. The summed E-state index contributed by atoms with van der Waals surface area (Å²) < 4.78 is 0. The van der Waals surface area contributed by atoms with Crippen LogP contribution in [0.15, 0.2) is 0 Å². The molecule has 3 heteroatoms. The van der Waals surface area contributed by atoms with Crippen molar-refractivity contribution < 1.29 is 0 Å². The quantitative estimate of drug-likeness (QED) is 0.675. The van der Waals surface area contributed by atoms with Gasteiger partial charge in [-0.2, -0.15) is 0 Å². The van der Waals surface area contributed by atoms with E-state index < -0.39 is 0 Å². The minimum atomic E-state index is -0.138. The lowest BCUT2D eigenvalue weighted by Crippen LogP contribution is -2.50. The van der Waals surface area contributed by atoms with Crippen molar-refractivity contribution in [1.82, 2.24) is 4.90 Å². The van der Waals surface area contributed by atoms with E-state index >= 15 is 0 Å². The van der Waals surface area contributed by atoms with Crippen LogP contribution in [0.4, 0.5) is 0 Å². The van der Waals surface area contributed by atoms with E-state index in [1.54, 1.807) is 0 Å². The third kappa shape index (κ3) is 7.77. The van der Waals surface area contributed by atoms with Gasteiger partial charge in [0.15, 0.2) is 0 Å². The van der Waals surface area contributed by atoms with Gasteiger partial charge in [0.25, 0.3) is 0 Å². The second kappa shape index (κ2) is 6.46. The van der Waals surface area contributed by atoms with E-state index in [0.717, 1.165) is 19.0 Å². The fourth-order valence-corrected chi connectivity index (χ4v) is 1.98. The molecule has 15 heavy (non-hydrogen) atoms. The molecule has 0 aliphatic rings. The van der Waals surface area contributed by atoms with Crippen molar-refractivity contribution in [2.24, 2.45) is 17.4 Å². The van der Waals surface area contributed by atoms with Gasteiger partial charge in [-0.15, -0.1) is 0 Å². The average molecular weight is 215 g/mol. The van der Waals surface area contributed by atoms with Crippen molar-refractivity contribution in [3.8, 4) is 0 Å². The molecule has 0 aromatic heterocycles. The van der Waals surface area contributed by atoms with Crippen molar-refractivity contribution in [2.75, 3.05) is 19.6 Å². The Morgan fingerprint density at radius 2 is 1.73 bits per heavy atom. The molecule has 1 unspecified atom stereocenters. The summed E-state index contributed by atoms with van der Waals surface area (Å²) in [6.45, 7) is 13.5. The smallest absolute Gasteiger partial charge is 0.0226 e. The number of rotatable bonds is 7. The van der Waals surface area contributed by atoms with Crippen molar-refractivity contribution in [3.63, 3.8) is 0 Å². The first-order chi connectivity index (χ1) is 6.76. The summed E-state index contributed by atoms with van der Waals surface area (Å²) >= 11 is 0. The summed E-state index contributed by atoms with van der Waals surface area (Å²) in [6, 6.07) is 0.566. The molecule has 0 heterocycles. The van der Waals surface area contributed by atoms with E-state index in [2.05, 4.69) is 39.5 Å². The van der Waals surface area contributed by atoms with Crippen LogP contribution in [0.3, 0.4) is 0 Å². The second-order valence-corrected chi connectivity index (χ2v) is 5.73. The van der Waals surface area contributed by atoms with Gasteiger partial charge in [0, 0.05) is 31.2 Å². The zero-order valence-electron chi connectivity index (χ0n) is 11.1. The molecule has 0 aromatic carbocycles.